The van der Waals surface area contributed by atoms with Gasteiger partial charge >= 0.3 is 0 Å². The SMILES string of the molecule is CC1CCN(C(=O)C2(C(=O)NCc3ccccn3)CC2)CC1. The number of hydrogen-bond donors (Lipinski definition) is 1. The van der Waals surface area contributed by atoms with Crippen LogP contribution >= 0.6 is 0 Å². The Morgan fingerprint density at radius 2 is 2.05 bits per heavy atom. The van der Waals surface area contributed by atoms with Gasteiger partial charge in [0.2, 0.25) is 11.8 Å². The largest absolute Gasteiger partial charge is 0.350 e. The lowest BCUT2D eigenvalue weighted by molar-refractivity contribution is -0.145. The fourth-order valence-electron chi connectivity index (χ4n) is 3.02. The fraction of sp³-hybridized carbons (Fsp3) is 0.588. The summed E-state index contributed by atoms with van der Waals surface area (Å²) in [6.45, 7) is 4.17. The van der Waals surface area contributed by atoms with Crippen LogP contribution in [0.15, 0.2) is 24.4 Å². The number of nitrogens with zero attached hydrogens (tertiary/aromatic N) is 2. The molecule has 0 spiro atoms. The van der Waals surface area contributed by atoms with Crippen molar-refractivity contribution >= 4 is 11.8 Å². The van der Waals surface area contributed by atoms with Gasteiger partial charge in [0.15, 0.2) is 0 Å². The smallest absolute Gasteiger partial charge is 0.238 e. The number of carbonyl (C=O) groups is 2. The molecule has 0 aromatic carbocycles. The highest BCUT2D eigenvalue weighted by Gasteiger charge is 2.57. The predicted octanol–water partition coefficient (Wildman–Crippen LogP) is 1.74. The molecule has 2 fully saturated rings. The van der Waals surface area contributed by atoms with Crippen molar-refractivity contribution in [3.63, 3.8) is 0 Å². The molecule has 5 nitrogen and oxygen atoms in total. The van der Waals surface area contributed by atoms with E-state index < -0.39 is 5.41 Å². The maximum absolute atomic E-state index is 12.7. The van der Waals surface area contributed by atoms with Gasteiger partial charge < -0.3 is 10.2 Å². The van der Waals surface area contributed by atoms with E-state index >= 15 is 0 Å². The van der Waals surface area contributed by atoms with Crippen LogP contribution in [0.1, 0.15) is 38.3 Å². The normalized spacial score (nSPS) is 20.5. The third-order valence-corrected chi connectivity index (χ3v) is 4.82. The van der Waals surface area contributed by atoms with Gasteiger partial charge in [0, 0.05) is 19.3 Å². The molecule has 1 aliphatic heterocycles. The molecule has 2 heterocycles. The molecule has 1 aromatic heterocycles. The molecule has 0 unspecified atom stereocenters. The van der Waals surface area contributed by atoms with Crippen LogP contribution in [-0.2, 0) is 16.1 Å². The Kier molecular flexibility index (Phi) is 4.14. The summed E-state index contributed by atoms with van der Waals surface area (Å²) < 4.78 is 0. The number of rotatable bonds is 4. The lowest BCUT2D eigenvalue weighted by atomic mass is 9.96. The minimum absolute atomic E-state index is 0.0259. The number of amides is 2. The second-order valence-corrected chi connectivity index (χ2v) is 6.56. The molecule has 1 aromatic rings. The summed E-state index contributed by atoms with van der Waals surface area (Å²) in [6, 6.07) is 5.60. The molecule has 22 heavy (non-hydrogen) atoms. The van der Waals surface area contributed by atoms with Crippen molar-refractivity contribution in [2.75, 3.05) is 13.1 Å². The maximum Gasteiger partial charge on any atom is 0.238 e. The van der Waals surface area contributed by atoms with Crippen LogP contribution in [0, 0.1) is 11.3 Å². The first-order valence-electron chi connectivity index (χ1n) is 8.09. The molecule has 0 radical (unpaired) electrons. The van der Waals surface area contributed by atoms with E-state index in [4.69, 9.17) is 0 Å². The number of likely N-dealkylation sites (tertiary alicyclic amines) is 1. The zero-order valence-electron chi connectivity index (χ0n) is 13.0. The Balaban J connectivity index is 1.58. The van der Waals surface area contributed by atoms with Crippen molar-refractivity contribution in [1.29, 1.82) is 0 Å². The Hall–Kier alpha value is -1.91. The summed E-state index contributed by atoms with van der Waals surface area (Å²) in [5.74, 6) is 0.567. The van der Waals surface area contributed by atoms with Gasteiger partial charge in [-0.05, 0) is 43.7 Å². The van der Waals surface area contributed by atoms with Crippen LogP contribution in [0.4, 0.5) is 0 Å². The minimum Gasteiger partial charge on any atom is -0.350 e. The summed E-state index contributed by atoms with van der Waals surface area (Å²) in [7, 11) is 0. The van der Waals surface area contributed by atoms with E-state index in [2.05, 4.69) is 17.2 Å². The molecule has 1 aliphatic carbocycles. The van der Waals surface area contributed by atoms with Crippen LogP contribution in [0.2, 0.25) is 0 Å². The van der Waals surface area contributed by atoms with Gasteiger partial charge in [0.05, 0.1) is 12.2 Å². The lowest BCUT2D eigenvalue weighted by Crippen LogP contribution is -2.47. The zero-order chi connectivity index (χ0) is 15.6. The number of pyridine rings is 1. The third kappa shape index (κ3) is 2.98. The van der Waals surface area contributed by atoms with Gasteiger partial charge in [-0.1, -0.05) is 13.0 Å². The molecular formula is C17H23N3O2. The van der Waals surface area contributed by atoms with Gasteiger partial charge in [-0.2, -0.15) is 0 Å². The van der Waals surface area contributed by atoms with E-state index in [0.717, 1.165) is 31.6 Å². The van der Waals surface area contributed by atoms with Gasteiger partial charge in [-0.15, -0.1) is 0 Å². The quantitative estimate of drug-likeness (QED) is 0.862. The highest BCUT2D eigenvalue weighted by atomic mass is 16.2. The number of nitrogens with one attached hydrogen (secondary N) is 1. The Morgan fingerprint density at radius 1 is 1.32 bits per heavy atom. The molecule has 2 aliphatic rings. The van der Waals surface area contributed by atoms with Crippen molar-refractivity contribution in [1.82, 2.24) is 15.2 Å². The van der Waals surface area contributed by atoms with Gasteiger partial charge in [0.1, 0.15) is 5.41 Å². The highest BCUT2D eigenvalue weighted by molar-refractivity contribution is 6.07. The van der Waals surface area contributed by atoms with Gasteiger partial charge in [0.25, 0.3) is 0 Å². The molecule has 118 valence electrons. The minimum atomic E-state index is -0.796. The molecule has 1 N–H and O–H groups in total. The second-order valence-electron chi connectivity index (χ2n) is 6.56. The fourth-order valence-corrected chi connectivity index (χ4v) is 3.02. The number of carbonyl (C=O) groups excluding carboxylic acids is 2. The van der Waals surface area contributed by atoms with E-state index in [9.17, 15) is 9.59 Å². The summed E-state index contributed by atoms with van der Waals surface area (Å²) in [6.07, 6.45) is 5.13. The van der Waals surface area contributed by atoms with Crippen molar-refractivity contribution in [2.24, 2.45) is 11.3 Å². The molecule has 3 rings (SSSR count). The molecule has 1 saturated heterocycles. The monoisotopic (exact) mass is 301 g/mol. The lowest BCUT2D eigenvalue weighted by Gasteiger charge is -2.32. The van der Waals surface area contributed by atoms with E-state index in [1.54, 1.807) is 6.20 Å². The Bertz CT molecular complexity index is 546. The van der Waals surface area contributed by atoms with Crippen LogP contribution in [0.3, 0.4) is 0 Å². The predicted molar refractivity (Wildman–Crippen MR) is 82.7 cm³/mol. The van der Waals surface area contributed by atoms with Crippen LogP contribution < -0.4 is 5.32 Å². The first-order chi connectivity index (χ1) is 10.6. The van der Waals surface area contributed by atoms with Gasteiger partial charge in [-0.25, -0.2) is 0 Å². The Labute approximate surface area is 131 Å². The summed E-state index contributed by atoms with van der Waals surface area (Å²) in [5.41, 5.74) is 0.0147. The van der Waals surface area contributed by atoms with Crippen LogP contribution in [0.5, 0.6) is 0 Å². The first-order valence-corrected chi connectivity index (χ1v) is 8.09. The standard InChI is InChI=1S/C17H23N3O2/c1-13-5-10-20(11-6-13)16(22)17(7-8-17)15(21)19-12-14-4-2-3-9-18-14/h2-4,9,13H,5-8,10-12H2,1H3,(H,19,21). The van der Waals surface area contributed by atoms with Crippen molar-refractivity contribution < 1.29 is 9.59 Å². The topological polar surface area (TPSA) is 62.3 Å². The van der Waals surface area contributed by atoms with Gasteiger partial charge in [-0.3, -0.25) is 14.6 Å². The second kappa shape index (κ2) is 6.07. The molecule has 1 saturated carbocycles. The summed E-state index contributed by atoms with van der Waals surface area (Å²) >= 11 is 0. The Morgan fingerprint density at radius 3 is 2.64 bits per heavy atom. The van der Waals surface area contributed by atoms with Crippen molar-refractivity contribution in [3.05, 3.63) is 30.1 Å². The van der Waals surface area contributed by atoms with Crippen LogP contribution in [-0.4, -0.2) is 34.8 Å². The molecule has 0 atom stereocenters. The number of hydrogen-bond acceptors (Lipinski definition) is 3. The highest BCUT2D eigenvalue weighted by Crippen LogP contribution is 2.48. The summed E-state index contributed by atoms with van der Waals surface area (Å²) in [5, 5.41) is 2.88. The van der Waals surface area contributed by atoms with E-state index in [1.807, 2.05) is 23.1 Å². The van der Waals surface area contributed by atoms with E-state index in [0.29, 0.717) is 25.3 Å². The number of piperidine rings is 1. The van der Waals surface area contributed by atoms with Crippen LogP contribution in [0.25, 0.3) is 0 Å². The average molecular weight is 301 g/mol. The van der Waals surface area contributed by atoms with Crippen molar-refractivity contribution in [2.45, 2.75) is 39.2 Å². The first kappa shape index (κ1) is 15.0. The van der Waals surface area contributed by atoms with Crippen molar-refractivity contribution in [3.8, 4) is 0 Å². The maximum atomic E-state index is 12.7. The number of aromatic nitrogens is 1. The molecule has 0 bridgehead atoms. The summed E-state index contributed by atoms with van der Waals surface area (Å²) in [4.78, 5) is 31.2. The molecular weight excluding hydrogens is 278 g/mol. The third-order valence-electron chi connectivity index (χ3n) is 4.82. The molecule has 5 heteroatoms. The average Bonchev–Trinajstić information content (AvgIpc) is 3.35. The zero-order valence-corrected chi connectivity index (χ0v) is 13.0. The van der Waals surface area contributed by atoms with E-state index in [1.165, 1.54) is 0 Å². The molecule has 2 amide bonds. The van der Waals surface area contributed by atoms with E-state index in [-0.39, 0.29) is 11.8 Å².